The fourth-order valence-corrected chi connectivity index (χ4v) is 2.38. The fraction of sp³-hybridized carbons (Fsp3) is 0.188. The van der Waals surface area contributed by atoms with Crippen LogP contribution in [0.15, 0.2) is 46.9 Å². The quantitative estimate of drug-likeness (QED) is 0.772. The number of ether oxygens (including phenoxy) is 2. The minimum atomic E-state index is -0.0311. The Labute approximate surface area is 126 Å². The summed E-state index contributed by atoms with van der Waals surface area (Å²) >= 11 is 3.38. The van der Waals surface area contributed by atoms with Crippen LogP contribution in [0.5, 0.6) is 11.5 Å². The molecule has 0 N–H and O–H groups in total. The summed E-state index contributed by atoms with van der Waals surface area (Å²) in [6.07, 6.45) is 0. The predicted octanol–water partition coefficient (Wildman–Crippen LogP) is 4.09. The van der Waals surface area contributed by atoms with E-state index < -0.39 is 0 Å². The van der Waals surface area contributed by atoms with Gasteiger partial charge in [-0.2, -0.15) is 0 Å². The minimum absolute atomic E-state index is 0.0311. The van der Waals surface area contributed by atoms with Gasteiger partial charge >= 0.3 is 0 Å². The molecule has 20 heavy (non-hydrogen) atoms. The van der Waals surface area contributed by atoms with Crippen LogP contribution in [0.2, 0.25) is 0 Å². The summed E-state index contributed by atoms with van der Waals surface area (Å²) < 4.78 is 11.3. The van der Waals surface area contributed by atoms with Crippen molar-refractivity contribution in [3.05, 3.63) is 58.1 Å². The van der Waals surface area contributed by atoms with Gasteiger partial charge in [-0.1, -0.05) is 0 Å². The van der Waals surface area contributed by atoms with Gasteiger partial charge in [-0.05, 0) is 65.3 Å². The zero-order valence-corrected chi connectivity index (χ0v) is 12.9. The van der Waals surface area contributed by atoms with Gasteiger partial charge in [0.25, 0.3) is 0 Å². The number of ketones is 1. The Kier molecular flexibility index (Phi) is 4.79. The first-order valence-corrected chi connectivity index (χ1v) is 7.06. The molecule has 0 heterocycles. The van der Waals surface area contributed by atoms with Gasteiger partial charge in [0, 0.05) is 11.1 Å². The highest BCUT2D eigenvalue weighted by molar-refractivity contribution is 9.10. The average molecular weight is 335 g/mol. The largest absolute Gasteiger partial charge is 0.496 e. The standard InChI is InChI=1S/C16H15BrO3/c1-3-20-13-7-4-11(5-8-13)16(18)12-6-9-15(19-2)14(17)10-12/h4-10H,3H2,1-2H3. The molecule has 104 valence electrons. The second-order valence-corrected chi connectivity index (χ2v) is 4.99. The summed E-state index contributed by atoms with van der Waals surface area (Å²) in [7, 11) is 1.59. The highest BCUT2D eigenvalue weighted by atomic mass is 79.9. The average Bonchev–Trinajstić information content (AvgIpc) is 2.47. The molecule has 0 atom stereocenters. The maximum absolute atomic E-state index is 12.4. The molecule has 0 aliphatic rings. The molecule has 0 aliphatic heterocycles. The van der Waals surface area contributed by atoms with Gasteiger partial charge < -0.3 is 9.47 Å². The maximum atomic E-state index is 12.4. The molecule has 2 aromatic rings. The molecule has 0 aliphatic carbocycles. The summed E-state index contributed by atoms with van der Waals surface area (Å²) in [4.78, 5) is 12.4. The summed E-state index contributed by atoms with van der Waals surface area (Å²) in [5.74, 6) is 1.43. The molecule has 2 rings (SSSR count). The van der Waals surface area contributed by atoms with E-state index in [-0.39, 0.29) is 5.78 Å². The van der Waals surface area contributed by atoms with E-state index >= 15 is 0 Å². The number of halogens is 1. The second-order valence-electron chi connectivity index (χ2n) is 4.14. The van der Waals surface area contributed by atoms with Crippen molar-refractivity contribution in [1.82, 2.24) is 0 Å². The Morgan fingerprint density at radius 3 is 2.30 bits per heavy atom. The number of rotatable bonds is 5. The van der Waals surface area contributed by atoms with E-state index in [0.29, 0.717) is 23.5 Å². The highest BCUT2D eigenvalue weighted by Crippen LogP contribution is 2.26. The molecular weight excluding hydrogens is 320 g/mol. The van der Waals surface area contributed by atoms with E-state index in [4.69, 9.17) is 9.47 Å². The third-order valence-corrected chi connectivity index (χ3v) is 3.46. The van der Waals surface area contributed by atoms with Crippen LogP contribution in [-0.2, 0) is 0 Å². The Morgan fingerprint density at radius 1 is 1.10 bits per heavy atom. The van der Waals surface area contributed by atoms with Gasteiger partial charge in [-0.25, -0.2) is 0 Å². The van der Waals surface area contributed by atoms with E-state index in [1.54, 1.807) is 49.6 Å². The SMILES string of the molecule is CCOc1ccc(C(=O)c2ccc(OC)c(Br)c2)cc1. The second kappa shape index (κ2) is 6.57. The molecule has 0 saturated carbocycles. The molecule has 0 spiro atoms. The Morgan fingerprint density at radius 2 is 1.75 bits per heavy atom. The zero-order valence-electron chi connectivity index (χ0n) is 11.4. The lowest BCUT2D eigenvalue weighted by atomic mass is 10.0. The Balaban J connectivity index is 2.24. The van der Waals surface area contributed by atoms with E-state index in [2.05, 4.69) is 15.9 Å². The molecule has 0 amide bonds. The number of hydrogen-bond donors (Lipinski definition) is 0. The van der Waals surface area contributed by atoms with Gasteiger partial charge in [0.2, 0.25) is 0 Å². The van der Waals surface area contributed by atoms with E-state index in [1.807, 2.05) is 6.92 Å². The van der Waals surface area contributed by atoms with Crippen LogP contribution in [0.25, 0.3) is 0 Å². The minimum Gasteiger partial charge on any atom is -0.496 e. The van der Waals surface area contributed by atoms with Crippen molar-refractivity contribution in [1.29, 1.82) is 0 Å². The van der Waals surface area contributed by atoms with E-state index in [1.165, 1.54) is 0 Å². The third-order valence-electron chi connectivity index (χ3n) is 2.84. The van der Waals surface area contributed by atoms with Crippen molar-refractivity contribution in [3.8, 4) is 11.5 Å². The van der Waals surface area contributed by atoms with Crippen molar-refractivity contribution in [2.45, 2.75) is 6.92 Å². The van der Waals surface area contributed by atoms with Gasteiger partial charge in [0.1, 0.15) is 11.5 Å². The number of carbonyl (C=O) groups is 1. The van der Waals surface area contributed by atoms with Crippen molar-refractivity contribution < 1.29 is 14.3 Å². The first kappa shape index (κ1) is 14.6. The topological polar surface area (TPSA) is 35.5 Å². The lowest BCUT2D eigenvalue weighted by Crippen LogP contribution is -2.02. The number of methoxy groups -OCH3 is 1. The predicted molar refractivity (Wildman–Crippen MR) is 81.7 cm³/mol. The molecule has 2 aromatic carbocycles. The Bertz CT molecular complexity index is 606. The molecule has 0 bridgehead atoms. The number of hydrogen-bond acceptors (Lipinski definition) is 3. The number of benzene rings is 2. The van der Waals surface area contributed by atoms with E-state index in [0.717, 1.165) is 10.2 Å². The normalized spacial score (nSPS) is 10.2. The molecule has 3 nitrogen and oxygen atoms in total. The first-order chi connectivity index (χ1) is 9.65. The van der Waals surface area contributed by atoms with Crippen LogP contribution in [0, 0.1) is 0 Å². The summed E-state index contributed by atoms with van der Waals surface area (Å²) in [6, 6.07) is 12.4. The lowest BCUT2D eigenvalue weighted by Gasteiger charge is -2.07. The van der Waals surface area contributed by atoms with Crippen LogP contribution in [-0.4, -0.2) is 19.5 Å². The monoisotopic (exact) mass is 334 g/mol. The smallest absolute Gasteiger partial charge is 0.193 e. The maximum Gasteiger partial charge on any atom is 0.193 e. The molecule has 0 unspecified atom stereocenters. The van der Waals surface area contributed by atoms with Crippen molar-refractivity contribution >= 4 is 21.7 Å². The van der Waals surface area contributed by atoms with Gasteiger partial charge in [-0.3, -0.25) is 4.79 Å². The molecule has 0 fully saturated rings. The van der Waals surface area contributed by atoms with Crippen molar-refractivity contribution in [2.24, 2.45) is 0 Å². The van der Waals surface area contributed by atoms with Crippen molar-refractivity contribution in [2.75, 3.05) is 13.7 Å². The Hall–Kier alpha value is -1.81. The lowest BCUT2D eigenvalue weighted by molar-refractivity contribution is 0.103. The highest BCUT2D eigenvalue weighted by Gasteiger charge is 2.11. The number of carbonyl (C=O) groups excluding carboxylic acids is 1. The van der Waals surface area contributed by atoms with Gasteiger partial charge in [-0.15, -0.1) is 0 Å². The van der Waals surface area contributed by atoms with Crippen LogP contribution >= 0.6 is 15.9 Å². The molecule has 0 radical (unpaired) electrons. The van der Waals surface area contributed by atoms with Crippen LogP contribution in [0.4, 0.5) is 0 Å². The van der Waals surface area contributed by atoms with Crippen LogP contribution < -0.4 is 9.47 Å². The molecule has 0 saturated heterocycles. The van der Waals surface area contributed by atoms with Crippen LogP contribution in [0.3, 0.4) is 0 Å². The third kappa shape index (κ3) is 3.20. The molecule has 4 heteroatoms. The fourth-order valence-electron chi connectivity index (χ4n) is 1.84. The zero-order chi connectivity index (χ0) is 14.5. The van der Waals surface area contributed by atoms with Gasteiger partial charge in [0.05, 0.1) is 18.2 Å². The molecular formula is C16H15BrO3. The summed E-state index contributed by atoms with van der Waals surface area (Å²) in [5, 5.41) is 0. The van der Waals surface area contributed by atoms with Crippen molar-refractivity contribution in [3.63, 3.8) is 0 Å². The van der Waals surface area contributed by atoms with E-state index in [9.17, 15) is 4.79 Å². The van der Waals surface area contributed by atoms with Gasteiger partial charge in [0.15, 0.2) is 5.78 Å². The molecule has 0 aromatic heterocycles. The first-order valence-electron chi connectivity index (χ1n) is 6.26. The summed E-state index contributed by atoms with van der Waals surface area (Å²) in [5.41, 5.74) is 1.24. The van der Waals surface area contributed by atoms with Crippen LogP contribution in [0.1, 0.15) is 22.8 Å². The summed E-state index contributed by atoms with van der Waals surface area (Å²) in [6.45, 7) is 2.53.